The highest BCUT2D eigenvalue weighted by Crippen LogP contribution is 2.22. The van der Waals surface area contributed by atoms with Crippen molar-refractivity contribution in [3.63, 3.8) is 0 Å². The van der Waals surface area contributed by atoms with Crippen LogP contribution in [-0.4, -0.2) is 15.0 Å². The second-order valence-corrected chi connectivity index (χ2v) is 2.86. The van der Waals surface area contributed by atoms with Crippen molar-refractivity contribution in [2.24, 2.45) is 0 Å². The van der Waals surface area contributed by atoms with Gasteiger partial charge in [-0.15, -0.1) is 0 Å². The molecule has 0 saturated heterocycles. The molecular formula is C8H11N5. The van der Waals surface area contributed by atoms with Crippen molar-refractivity contribution in [2.75, 3.05) is 11.5 Å². The summed E-state index contributed by atoms with van der Waals surface area (Å²) >= 11 is 0. The van der Waals surface area contributed by atoms with E-state index < -0.39 is 0 Å². The summed E-state index contributed by atoms with van der Waals surface area (Å²) in [7, 11) is 0. The molecule has 2 aromatic rings. The largest absolute Gasteiger partial charge is 0.383 e. The minimum atomic E-state index is 0.203. The number of nitrogen functional groups attached to an aromatic ring is 2. The molecule has 0 spiro atoms. The van der Waals surface area contributed by atoms with Crippen LogP contribution in [0.1, 0.15) is 12.5 Å². The van der Waals surface area contributed by atoms with Crippen molar-refractivity contribution in [1.82, 2.24) is 15.0 Å². The lowest BCUT2D eigenvalue weighted by atomic mass is 10.2. The first-order valence-electron chi connectivity index (χ1n) is 4.11. The predicted octanol–water partition coefficient (Wildman–Crippen LogP) is 0.685. The Balaban J connectivity index is 2.82. The van der Waals surface area contributed by atoms with Crippen LogP contribution < -0.4 is 11.5 Å². The third kappa shape index (κ3) is 1.09. The average molecular weight is 177 g/mol. The number of nitrogens with one attached hydrogen (secondary N) is 1. The van der Waals surface area contributed by atoms with Crippen molar-refractivity contribution in [3.8, 4) is 0 Å². The van der Waals surface area contributed by atoms with E-state index in [-0.39, 0.29) is 5.95 Å². The molecule has 0 radical (unpaired) electrons. The number of aromatic amines is 1. The number of aromatic nitrogens is 3. The number of nitrogens with two attached hydrogens (primary N) is 2. The molecule has 2 rings (SSSR count). The zero-order valence-electron chi connectivity index (χ0n) is 7.33. The number of fused-ring (bicyclic) bond motifs is 1. The van der Waals surface area contributed by atoms with Gasteiger partial charge >= 0.3 is 0 Å². The third-order valence-corrected chi connectivity index (χ3v) is 2.04. The zero-order chi connectivity index (χ0) is 9.42. The van der Waals surface area contributed by atoms with Gasteiger partial charge in [0.25, 0.3) is 0 Å². The van der Waals surface area contributed by atoms with Crippen LogP contribution in [0, 0.1) is 0 Å². The van der Waals surface area contributed by atoms with Crippen LogP contribution in [0.25, 0.3) is 11.0 Å². The van der Waals surface area contributed by atoms with E-state index in [9.17, 15) is 0 Å². The zero-order valence-corrected chi connectivity index (χ0v) is 7.33. The number of hydrogen-bond acceptors (Lipinski definition) is 4. The van der Waals surface area contributed by atoms with E-state index in [0.29, 0.717) is 11.5 Å². The summed E-state index contributed by atoms with van der Waals surface area (Å²) in [5.74, 6) is 0.648. The van der Waals surface area contributed by atoms with Gasteiger partial charge in [0, 0.05) is 6.20 Å². The van der Waals surface area contributed by atoms with Gasteiger partial charge < -0.3 is 16.5 Å². The molecule has 0 atom stereocenters. The minimum Gasteiger partial charge on any atom is -0.383 e. The summed E-state index contributed by atoms with van der Waals surface area (Å²) in [4.78, 5) is 11.0. The summed E-state index contributed by atoms with van der Waals surface area (Å²) in [6.07, 6.45) is 2.78. The van der Waals surface area contributed by atoms with Crippen LogP contribution >= 0.6 is 0 Å². The van der Waals surface area contributed by atoms with Gasteiger partial charge in [-0.25, -0.2) is 0 Å². The lowest BCUT2D eigenvalue weighted by Gasteiger charge is -1.98. The molecule has 0 amide bonds. The Morgan fingerprint density at radius 1 is 1.38 bits per heavy atom. The number of hydrogen-bond donors (Lipinski definition) is 3. The average Bonchev–Trinajstić information content (AvgIpc) is 2.47. The molecule has 5 nitrogen and oxygen atoms in total. The van der Waals surface area contributed by atoms with Gasteiger partial charge in [-0.3, -0.25) is 0 Å². The molecule has 0 bridgehead atoms. The number of nitrogens with zero attached hydrogens (tertiary/aromatic N) is 2. The summed E-state index contributed by atoms with van der Waals surface area (Å²) < 4.78 is 0. The van der Waals surface area contributed by atoms with Crippen LogP contribution in [0.5, 0.6) is 0 Å². The van der Waals surface area contributed by atoms with Crippen molar-refractivity contribution in [2.45, 2.75) is 13.3 Å². The van der Waals surface area contributed by atoms with Crippen molar-refractivity contribution in [3.05, 3.63) is 11.8 Å². The Bertz CT molecular complexity index is 445. The molecule has 0 fully saturated rings. The Morgan fingerprint density at radius 2 is 2.15 bits per heavy atom. The molecular weight excluding hydrogens is 166 g/mol. The van der Waals surface area contributed by atoms with E-state index in [1.807, 2.05) is 6.20 Å². The first-order valence-corrected chi connectivity index (χ1v) is 4.11. The molecule has 5 N–H and O–H groups in total. The smallest absolute Gasteiger partial charge is 0.223 e. The molecule has 0 aromatic carbocycles. The monoisotopic (exact) mass is 177 g/mol. The Morgan fingerprint density at radius 3 is 2.85 bits per heavy atom. The number of H-pyrrole nitrogens is 1. The highest BCUT2D eigenvalue weighted by atomic mass is 15.1. The maximum Gasteiger partial charge on any atom is 0.223 e. The highest BCUT2D eigenvalue weighted by Gasteiger charge is 2.08. The minimum absolute atomic E-state index is 0.203. The summed E-state index contributed by atoms with van der Waals surface area (Å²) in [5.41, 5.74) is 13.0. The number of anilines is 2. The van der Waals surface area contributed by atoms with Gasteiger partial charge in [0.05, 0.1) is 5.39 Å². The molecule has 0 aliphatic rings. The van der Waals surface area contributed by atoms with Gasteiger partial charge in [0.15, 0.2) is 0 Å². The van der Waals surface area contributed by atoms with E-state index in [4.69, 9.17) is 11.5 Å². The first kappa shape index (κ1) is 7.85. The maximum atomic E-state index is 5.73. The van der Waals surface area contributed by atoms with Crippen LogP contribution in [-0.2, 0) is 6.42 Å². The van der Waals surface area contributed by atoms with E-state index in [1.165, 1.54) is 0 Å². The molecule has 0 aliphatic carbocycles. The normalized spacial score (nSPS) is 10.8. The first-order chi connectivity index (χ1) is 6.22. The molecule has 0 saturated carbocycles. The SMILES string of the molecule is CCc1c[nH]c2nc(N)nc(N)c12. The van der Waals surface area contributed by atoms with Crippen molar-refractivity contribution < 1.29 is 0 Å². The molecule has 2 aromatic heterocycles. The van der Waals surface area contributed by atoms with Crippen molar-refractivity contribution >= 4 is 22.8 Å². The Labute approximate surface area is 75.2 Å². The fourth-order valence-corrected chi connectivity index (χ4v) is 1.42. The molecule has 5 heteroatoms. The fraction of sp³-hybridized carbons (Fsp3) is 0.250. The summed E-state index contributed by atoms with van der Waals surface area (Å²) in [5, 5.41) is 0.886. The van der Waals surface area contributed by atoms with Crippen molar-refractivity contribution in [1.29, 1.82) is 0 Å². The predicted molar refractivity (Wildman–Crippen MR) is 52.1 cm³/mol. The number of aryl methyl sites for hydroxylation is 1. The standard InChI is InChI=1S/C8H11N5/c1-2-4-3-11-7-5(4)6(9)12-8(10)13-7/h3H,2H2,1H3,(H5,9,10,11,12,13). The third-order valence-electron chi connectivity index (χ3n) is 2.04. The Hall–Kier alpha value is -1.78. The second kappa shape index (κ2) is 2.62. The van der Waals surface area contributed by atoms with E-state index >= 15 is 0 Å². The van der Waals surface area contributed by atoms with Crippen LogP contribution in [0.3, 0.4) is 0 Å². The molecule has 0 aliphatic heterocycles. The topological polar surface area (TPSA) is 93.6 Å². The van der Waals surface area contributed by atoms with Crippen LogP contribution in [0.4, 0.5) is 11.8 Å². The molecule has 68 valence electrons. The Kier molecular flexibility index (Phi) is 1.58. The molecule has 0 unspecified atom stereocenters. The lowest BCUT2D eigenvalue weighted by Crippen LogP contribution is -2.00. The second-order valence-electron chi connectivity index (χ2n) is 2.86. The van der Waals surface area contributed by atoms with Gasteiger partial charge in [-0.1, -0.05) is 6.92 Å². The summed E-state index contributed by atoms with van der Waals surface area (Å²) in [6.45, 7) is 2.05. The van der Waals surface area contributed by atoms with Gasteiger partial charge in [0.2, 0.25) is 5.95 Å². The van der Waals surface area contributed by atoms with Gasteiger partial charge in [-0.2, -0.15) is 9.97 Å². The van der Waals surface area contributed by atoms with Crippen LogP contribution in [0.2, 0.25) is 0 Å². The molecule has 2 heterocycles. The van der Waals surface area contributed by atoms with Gasteiger partial charge in [0.1, 0.15) is 11.5 Å². The highest BCUT2D eigenvalue weighted by molar-refractivity contribution is 5.90. The lowest BCUT2D eigenvalue weighted by molar-refractivity contribution is 1.15. The number of rotatable bonds is 1. The molecule has 13 heavy (non-hydrogen) atoms. The quantitative estimate of drug-likeness (QED) is 0.597. The van der Waals surface area contributed by atoms with Crippen LogP contribution in [0.15, 0.2) is 6.20 Å². The maximum absolute atomic E-state index is 5.73. The van der Waals surface area contributed by atoms with E-state index in [2.05, 4.69) is 21.9 Å². The fourth-order valence-electron chi connectivity index (χ4n) is 1.42. The van der Waals surface area contributed by atoms with E-state index in [0.717, 1.165) is 17.4 Å². The summed E-state index contributed by atoms with van der Waals surface area (Å²) in [6, 6.07) is 0. The van der Waals surface area contributed by atoms with E-state index in [1.54, 1.807) is 0 Å². The van der Waals surface area contributed by atoms with Gasteiger partial charge in [-0.05, 0) is 12.0 Å².